The third kappa shape index (κ3) is 3.39. The first-order valence-electron chi connectivity index (χ1n) is 5.98. The monoisotopic (exact) mass is 230 g/mol. The van der Waals surface area contributed by atoms with Gasteiger partial charge in [-0.05, 0) is 18.1 Å². The standard InChI is InChI=1S/C13H18N4/c1-2-6-17-11-16-10-13(17)9-15-8-12-4-3-5-14-7-12/h3-5,7,10-11,15H,2,6,8-9H2,1H3. The van der Waals surface area contributed by atoms with Gasteiger partial charge in [0.15, 0.2) is 0 Å². The Balaban J connectivity index is 1.84. The maximum Gasteiger partial charge on any atom is 0.0948 e. The van der Waals surface area contributed by atoms with Crippen LogP contribution < -0.4 is 5.32 Å². The van der Waals surface area contributed by atoms with Crippen LogP contribution in [0.1, 0.15) is 24.6 Å². The number of nitrogens with zero attached hydrogens (tertiary/aromatic N) is 3. The Kier molecular flexibility index (Phi) is 4.27. The molecule has 17 heavy (non-hydrogen) atoms. The summed E-state index contributed by atoms with van der Waals surface area (Å²) in [6, 6.07) is 4.03. The number of aromatic nitrogens is 3. The lowest BCUT2D eigenvalue weighted by Crippen LogP contribution is -2.15. The second kappa shape index (κ2) is 6.15. The highest BCUT2D eigenvalue weighted by molar-refractivity contribution is 5.08. The van der Waals surface area contributed by atoms with Crippen molar-refractivity contribution in [3.63, 3.8) is 0 Å². The van der Waals surface area contributed by atoms with Crippen molar-refractivity contribution < 1.29 is 0 Å². The van der Waals surface area contributed by atoms with Crippen LogP contribution in [0.4, 0.5) is 0 Å². The number of pyridine rings is 1. The maximum absolute atomic E-state index is 4.18. The van der Waals surface area contributed by atoms with Crippen LogP contribution in [0.5, 0.6) is 0 Å². The van der Waals surface area contributed by atoms with Gasteiger partial charge in [-0.15, -0.1) is 0 Å². The number of aryl methyl sites for hydroxylation is 1. The molecule has 0 aliphatic carbocycles. The van der Waals surface area contributed by atoms with E-state index in [9.17, 15) is 0 Å². The van der Waals surface area contributed by atoms with Crippen LogP contribution in [0, 0.1) is 0 Å². The average Bonchev–Trinajstić information content (AvgIpc) is 2.79. The predicted molar refractivity (Wildman–Crippen MR) is 67.3 cm³/mol. The Morgan fingerprint density at radius 2 is 2.18 bits per heavy atom. The SMILES string of the molecule is CCCn1cncc1CNCc1cccnc1. The first-order valence-corrected chi connectivity index (χ1v) is 5.98. The minimum atomic E-state index is 0.838. The lowest BCUT2D eigenvalue weighted by atomic mass is 10.3. The van der Waals surface area contributed by atoms with Gasteiger partial charge < -0.3 is 9.88 Å². The van der Waals surface area contributed by atoms with E-state index in [1.54, 1.807) is 6.20 Å². The molecule has 2 rings (SSSR count). The summed E-state index contributed by atoms with van der Waals surface area (Å²) in [6.07, 6.45) is 8.62. The number of hydrogen-bond acceptors (Lipinski definition) is 3. The molecule has 0 aliphatic heterocycles. The molecule has 0 radical (unpaired) electrons. The average molecular weight is 230 g/mol. The summed E-state index contributed by atoms with van der Waals surface area (Å²) in [6.45, 7) is 4.89. The maximum atomic E-state index is 4.18. The van der Waals surface area contributed by atoms with Crippen LogP contribution in [-0.4, -0.2) is 14.5 Å². The highest BCUT2D eigenvalue weighted by Crippen LogP contribution is 2.01. The topological polar surface area (TPSA) is 42.7 Å². The van der Waals surface area contributed by atoms with Crippen molar-refractivity contribution in [2.24, 2.45) is 0 Å². The molecule has 90 valence electrons. The Bertz CT molecular complexity index is 436. The number of hydrogen-bond donors (Lipinski definition) is 1. The molecule has 2 aromatic heterocycles. The Morgan fingerprint density at radius 1 is 1.24 bits per heavy atom. The molecular formula is C13H18N4. The molecule has 0 aliphatic rings. The molecule has 2 heterocycles. The quantitative estimate of drug-likeness (QED) is 0.825. The van der Waals surface area contributed by atoms with Crippen molar-refractivity contribution in [2.75, 3.05) is 0 Å². The zero-order valence-corrected chi connectivity index (χ0v) is 10.1. The molecule has 0 amide bonds. The summed E-state index contributed by atoms with van der Waals surface area (Å²) in [7, 11) is 0. The molecule has 4 nitrogen and oxygen atoms in total. The third-order valence-corrected chi connectivity index (χ3v) is 2.62. The van der Waals surface area contributed by atoms with Crippen LogP contribution in [0.3, 0.4) is 0 Å². The van der Waals surface area contributed by atoms with Gasteiger partial charge in [0.25, 0.3) is 0 Å². The molecular weight excluding hydrogens is 212 g/mol. The van der Waals surface area contributed by atoms with Gasteiger partial charge in [0.1, 0.15) is 0 Å². The van der Waals surface area contributed by atoms with Gasteiger partial charge in [0, 0.05) is 38.2 Å². The molecule has 0 fully saturated rings. The lowest BCUT2D eigenvalue weighted by Gasteiger charge is -2.07. The summed E-state index contributed by atoms with van der Waals surface area (Å²) < 4.78 is 2.19. The fraction of sp³-hybridized carbons (Fsp3) is 0.385. The van der Waals surface area contributed by atoms with E-state index in [4.69, 9.17) is 0 Å². The summed E-state index contributed by atoms with van der Waals surface area (Å²) in [5.74, 6) is 0. The van der Waals surface area contributed by atoms with Gasteiger partial charge in [-0.3, -0.25) is 4.98 Å². The van der Waals surface area contributed by atoms with Gasteiger partial charge in [-0.2, -0.15) is 0 Å². The van der Waals surface area contributed by atoms with E-state index >= 15 is 0 Å². The molecule has 0 atom stereocenters. The number of rotatable bonds is 6. The zero-order chi connectivity index (χ0) is 11.9. The molecule has 0 saturated carbocycles. The third-order valence-electron chi connectivity index (χ3n) is 2.62. The first kappa shape index (κ1) is 11.8. The highest BCUT2D eigenvalue weighted by atomic mass is 15.1. The van der Waals surface area contributed by atoms with Crippen LogP contribution in [0.2, 0.25) is 0 Å². The Labute approximate surface area is 102 Å². The fourth-order valence-corrected chi connectivity index (χ4v) is 1.78. The molecule has 1 N–H and O–H groups in total. The minimum absolute atomic E-state index is 0.838. The minimum Gasteiger partial charge on any atom is -0.333 e. The van der Waals surface area contributed by atoms with Crippen molar-refractivity contribution >= 4 is 0 Å². The second-order valence-electron chi connectivity index (χ2n) is 4.04. The van der Waals surface area contributed by atoms with E-state index in [-0.39, 0.29) is 0 Å². The lowest BCUT2D eigenvalue weighted by molar-refractivity contribution is 0.600. The highest BCUT2D eigenvalue weighted by Gasteiger charge is 2.00. The summed E-state index contributed by atoms with van der Waals surface area (Å²) in [5.41, 5.74) is 2.43. The van der Waals surface area contributed by atoms with Gasteiger partial charge in [0.2, 0.25) is 0 Å². The Morgan fingerprint density at radius 3 is 2.94 bits per heavy atom. The van der Waals surface area contributed by atoms with Gasteiger partial charge >= 0.3 is 0 Å². The van der Waals surface area contributed by atoms with E-state index in [2.05, 4.69) is 32.8 Å². The summed E-state index contributed by atoms with van der Waals surface area (Å²) in [5, 5.41) is 3.40. The molecule has 0 saturated heterocycles. The van der Waals surface area contributed by atoms with E-state index in [1.807, 2.05) is 24.8 Å². The molecule has 0 unspecified atom stereocenters. The van der Waals surface area contributed by atoms with Gasteiger partial charge in [0.05, 0.1) is 12.0 Å². The van der Waals surface area contributed by atoms with E-state index in [1.165, 1.54) is 11.3 Å². The van der Waals surface area contributed by atoms with Gasteiger partial charge in [-0.25, -0.2) is 4.98 Å². The summed E-state index contributed by atoms with van der Waals surface area (Å²) >= 11 is 0. The van der Waals surface area contributed by atoms with Crippen molar-refractivity contribution in [3.8, 4) is 0 Å². The smallest absolute Gasteiger partial charge is 0.0948 e. The van der Waals surface area contributed by atoms with Crippen LogP contribution in [-0.2, 0) is 19.6 Å². The van der Waals surface area contributed by atoms with Crippen molar-refractivity contribution in [1.82, 2.24) is 19.9 Å². The van der Waals surface area contributed by atoms with Crippen LogP contribution in [0.15, 0.2) is 37.1 Å². The number of nitrogens with one attached hydrogen (secondary N) is 1. The largest absolute Gasteiger partial charge is 0.333 e. The van der Waals surface area contributed by atoms with Crippen molar-refractivity contribution in [2.45, 2.75) is 33.0 Å². The second-order valence-corrected chi connectivity index (χ2v) is 4.04. The first-order chi connectivity index (χ1) is 8.40. The van der Waals surface area contributed by atoms with E-state index < -0.39 is 0 Å². The van der Waals surface area contributed by atoms with Crippen molar-refractivity contribution in [3.05, 3.63) is 48.3 Å². The van der Waals surface area contributed by atoms with Gasteiger partial charge in [-0.1, -0.05) is 13.0 Å². The number of imidazole rings is 1. The molecule has 0 spiro atoms. The Hall–Kier alpha value is -1.68. The molecule has 2 aromatic rings. The fourth-order valence-electron chi connectivity index (χ4n) is 1.78. The van der Waals surface area contributed by atoms with Crippen LogP contribution in [0.25, 0.3) is 0 Å². The van der Waals surface area contributed by atoms with E-state index in [0.717, 1.165) is 26.1 Å². The molecule has 4 heteroatoms. The molecule has 0 aromatic carbocycles. The summed E-state index contributed by atoms with van der Waals surface area (Å²) in [4.78, 5) is 8.27. The molecule has 0 bridgehead atoms. The van der Waals surface area contributed by atoms with Crippen molar-refractivity contribution in [1.29, 1.82) is 0 Å². The normalized spacial score (nSPS) is 10.6. The zero-order valence-electron chi connectivity index (χ0n) is 10.1. The predicted octanol–water partition coefficient (Wildman–Crippen LogP) is 1.98. The van der Waals surface area contributed by atoms with Crippen LogP contribution >= 0.6 is 0 Å². The van der Waals surface area contributed by atoms with E-state index in [0.29, 0.717) is 0 Å².